The van der Waals surface area contributed by atoms with E-state index in [4.69, 9.17) is 11.6 Å². The quantitative estimate of drug-likeness (QED) is 0.442. The minimum absolute atomic E-state index is 0.0383. The summed E-state index contributed by atoms with van der Waals surface area (Å²) in [6.07, 6.45) is 3.90. The lowest BCUT2D eigenvalue weighted by Gasteiger charge is -2.06. The number of hydrogen-bond donors (Lipinski definition) is 1. The van der Waals surface area contributed by atoms with Crippen LogP contribution < -0.4 is 5.32 Å². The Kier molecular flexibility index (Phi) is 5.91. The van der Waals surface area contributed by atoms with Gasteiger partial charge < -0.3 is 5.32 Å². The molecule has 0 aromatic carbocycles. The molecule has 1 N–H and O–H groups in total. The van der Waals surface area contributed by atoms with Crippen molar-refractivity contribution >= 4 is 23.2 Å². The van der Waals surface area contributed by atoms with Crippen LogP contribution in [0.2, 0.25) is 5.02 Å². The van der Waals surface area contributed by atoms with Gasteiger partial charge in [0, 0.05) is 25.7 Å². The highest BCUT2D eigenvalue weighted by Crippen LogP contribution is 2.16. The first-order chi connectivity index (χ1) is 11.4. The Balaban J connectivity index is 1.69. The lowest BCUT2D eigenvalue weighted by Crippen LogP contribution is -2.26. The third kappa shape index (κ3) is 4.54. The molecule has 0 unspecified atom stereocenters. The monoisotopic (exact) mass is 354 g/mol. The Morgan fingerprint density at radius 3 is 2.75 bits per heavy atom. The van der Waals surface area contributed by atoms with Crippen molar-refractivity contribution in [3.63, 3.8) is 0 Å². The van der Waals surface area contributed by atoms with Crippen LogP contribution in [-0.2, 0) is 17.9 Å². The largest absolute Gasteiger partial charge is 0.356 e. The minimum atomic E-state index is -0.484. The predicted molar refractivity (Wildman–Crippen MR) is 87.8 cm³/mol. The smallest absolute Gasteiger partial charge is 0.309 e. The zero-order valence-corrected chi connectivity index (χ0v) is 14.3. The molecule has 2 rings (SSSR count). The number of carbonyl (C=O) groups is 1. The summed E-state index contributed by atoms with van der Waals surface area (Å²) in [4.78, 5) is 22.1. The zero-order chi connectivity index (χ0) is 17.7. The summed E-state index contributed by atoms with van der Waals surface area (Å²) in [5.41, 5.74) is 1.19. The number of aromatic nitrogens is 4. The predicted octanol–water partition coefficient (Wildman–Crippen LogP) is 1.85. The number of halogens is 1. The van der Waals surface area contributed by atoms with Crippen LogP contribution in [0.15, 0.2) is 12.4 Å². The highest BCUT2D eigenvalue weighted by atomic mass is 35.5. The van der Waals surface area contributed by atoms with Crippen molar-refractivity contribution in [1.29, 1.82) is 0 Å². The van der Waals surface area contributed by atoms with Crippen LogP contribution in [0.1, 0.15) is 24.2 Å². The van der Waals surface area contributed by atoms with Gasteiger partial charge >= 0.3 is 5.69 Å². The molecular weight excluding hydrogens is 336 g/mol. The SMILES string of the molecule is Cc1nn(CCCNC(=O)CCn2ncc([N+](=O)[O-])c2C)cc1Cl. The molecule has 0 aliphatic carbocycles. The zero-order valence-electron chi connectivity index (χ0n) is 13.5. The lowest BCUT2D eigenvalue weighted by molar-refractivity contribution is -0.385. The Morgan fingerprint density at radius 1 is 1.42 bits per heavy atom. The molecule has 0 aliphatic rings. The van der Waals surface area contributed by atoms with E-state index >= 15 is 0 Å². The standard InChI is InChI=1S/C14H19ClN6O3/c1-10-12(15)9-19(18-10)6-3-5-16-14(22)4-7-20-11(2)13(8-17-20)21(23)24/h8-9H,3-7H2,1-2H3,(H,16,22). The van der Waals surface area contributed by atoms with Crippen LogP contribution >= 0.6 is 11.6 Å². The molecule has 0 radical (unpaired) electrons. The van der Waals surface area contributed by atoms with Gasteiger partial charge in [-0.15, -0.1) is 0 Å². The van der Waals surface area contributed by atoms with E-state index in [1.54, 1.807) is 17.8 Å². The summed E-state index contributed by atoms with van der Waals surface area (Å²) in [6.45, 7) is 4.94. The van der Waals surface area contributed by atoms with Crippen molar-refractivity contribution in [1.82, 2.24) is 24.9 Å². The van der Waals surface area contributed by atoms with E-state index in [9.17, 15) is 14.9 Å². The van der Waals surface area contributed by atoms with Crippen molar-refractivity contribution in [3.05, 3.63) is 38.9 Å². The van der Waals surface area contributed by atoms with E-state index in [2.05, 4.69) is 15.5 Å². The first-order valence-electron chi connectivity index (χ1n) is 7.51. The van der Waals surface area contributed by atoms with Crippen LogP contribution in [0.25, 0.3) is 0 Å². The van der Waals surface area contributed by atoms with Gasteiger partial charge in [0.05, 0.1) is 22.2 Å². The number of nitrogens with zero attached hydrogens (tertiary/aromatic N) is 5. The summed E-state index contributed by atoms with van der Waals surface area (Å²) in [5.74, 6) is -0.123. The molecule has 0 fully saturated rings. The molecular formula is C14H19ClN6O3. The lowest BCUT2D eigenvalue weighted by atomic mass is 10.3. The maximum atomic E-state index is 11.8. The highest BCUT2D eigenvalue weighted by molar-refractivity contribution is 6.31. The minimum Gasteiger partial charge on any atom is -0.356 e. The van der Waals surface area contributed by atoms with Crippen molar-refractivity contribution in [2.24, 2.45) is 0 Å². The average Bonchev–Trinajstić information content (AvgIpc) is 3.04. The van der Waals surface area contributed by atoms with E-state index in [1.807, 2.05) is 6.92 Å². The molecule has 2 aromatic rings. The van der Waals surface area contributed by atoms with Gasteiger partial charge in [-0.05, 0) is 20.3 Å². The second kappa shape index (κ2) is 7.91. The molecule has 0 saturated heterocycles. The summed E-state index contributed by atoms with van der Waals surface area (Å²) < 4.78 is 3.21. The Bertz CT molecular complexity index is 719. The Hall–Kier alpha value is -2.42. The van der Waals surface area contributed by atoms with Crippen molar-refractivity contribution in [3.8, 4) is 0 Å². The average molecular weight is 355 g/mol. The molecule has 130 valence electrons. The second-order valence-corrected chi connectivity index (χ2v) is 5.78. The first-order valence-corrected chi connectivity index (χ1v) is 7.89. The topological polar surface area (TPSA) is 108 Å². The molecule has 2 aromatic heterocycles. The van der Waals surface area contributed by atoms with Gasteiger partial charge in [-0.25, -0.2) is 0 Å². The molecule has 10 heteroatoms. The van der Waals surface area contributed by atoms with Crippen LogP contribution in [0, 0.1) is 24.0 Å². The first kappa shape index (κ1) is 17.9. The normalized spacial score (nSPS) is 10.8. The van der Waals surface area contributed by atoms with Gasteiger partial charge in [-0.3, -0.25) is 24.3 Å². The number of aryl methyl sites for hydroxylation is 3. The number of hydrogen-bond acceptors (Lipinski definition) is 5. The Labute approximate surface area is 143 Å². The number of amides is 1. The van der Waals surface area contributed by atoms with Gasteiger partial charge in [0.25, 0.3) is 0 Å². The molecule has 2 heterocycles. The van der Waals surface area contributed by atoms with Crippen LogP contribution in [0.5, 0.6) is 0 Å². The van der Waals surface area contributed by atoms with Gasteiger partial charge in [0.1, 0.15) is 11.9 Å². The van der Waals surface area contributed by atoms with E-state index in [0.29, 0.717) is 30.4 Å². The fraction of sp³-hybridized carbons (Fsp3) is 0.500. The second-order valence-electron chi connectivity index (χ2n) is 5.37. The fourth-order valence-corrected chi connectivity index (χ4v) is 2.36. The van der Waals surface area contributed by atoms with Crippen molar-refractivity contribution < 1.29 is 9.72 Å². The van der Waals surface area contributed by atoms with Crippen molar-refractivity contribution in [2.75, 3.05) is 6.54 Å². The van der Waals surface area contributed by atoms with Gasteiger partial charge in [0.2, 0.25) is 5.91 Å². The van der Waals surface area contributed by atoms with Crippen molar-refractivity contribution in [2.45, 2.75) is 39.8 Å². The van der Waals surface area contributed by atoms with E-state index in [0.717, 1.165) is 12.1 Å². The maximum absolute atomic E-state index is 11.8. The summed E-state index contributed by atoms with van der Waals surface area (Å²) in [6, 6.07) is 0. The summed E-state index contributed by atoms with van der Waals surface area (Å²) >= 11 is 5.92. The summed E-state index contributed by atoms with van der Waals surface area (Å²) in [5, 5.41) is 22.3. The molecule has 0 atom stereocenters. The number of rotatable bonds is 8. The number of carbonyl (C=O) groups excluding carboxylic acids is 1. The highest BCUT2D eigenvalue weighted by Gasteiger charge is 2.16. The maximum Gasteiger partial charge on any atom is 0.309 e. The molecule has 0 saturated carbocycles. The molecule has 24 heavy (non-hydrogen) atoms. The third-order valence-electron chi connectivity index (χ3n) is 3.60. The Morgan fingerprint density at radius 2 is 2.17 bits per heavy atom. The van der Waals surface area contributed by atoms with Gasteiger partial charge in [0.15, 0.2) is 0 Å². The fourth-order valence-electron chi connectivity index (χ4n) is 2.21. The van der Waals surface area contributed by atoms with Crippen LogP contribution in [-0.4, -0.2) is 36.9 Å². The molecule has 1 amide bonds. The molecule has 0 bridgehead atoms. The van der Waals surface area contributed by atoms with Gasteiger partial charge in [-0.1, -0.05) is 11.6 Å². The number of nitro groups is 1. The number of nitrogens with one attached hydrogen (secondary N) is 1. The van der Waals surface area contributed by atoms with E-state index in [1.165, 1.54) is 10.9 Å². The molecule has 0 spiro atoms. The molecule has 0 aliphatic heterocycles. The molecule has 9 nitrogen and oxygen atoms in total. The van der Waals surface area contributed by atoms with Crippen LogP contribution in [0.3, 0.4) is 0 Å². The third-order valence-corrected chi connectivity index (χ3v) is 3.97. The van der Waals surface area contributed by atoms with Crippen LogP contribution in [0.4, 0.5) is 5.69 Å². The van der Waals surface area contributed by atoms with Gasteiger partial charge in [-0.2, -0.15) is 10.2 Å². The summed E-state index contributed by atoms with van der Waals surface area (Å²) in [7, 11) is 0. The van der Waals surface area contributed by atoms with E-state index < -0.39 is 4.92 Å². The van der Waals surface area contributed by atoms with E-state index in [-0.39, 0.29) is 18.0 Å².